The van der Waals surface area contributed by atoms with Gasteiger partial charge in [-0.3, -0.25) is 0 Å². The highest BCUT2D eigenvalue weighted by atomic mass is 15.0. The highest BCUT2D eigenvalue weighted by Crippen LogP contribution is 2.25. The number of hydrogen-bond donors (Lipinski definition) is 0. The van der Waals surface area contributed by atoms with Crippen LogP contribution in [0.4, 0.5) is 0 Å². The summed E-state index contributed by atoms with van der Waals surface area (Å²) in [5.41, 5.74) is 4.19. The molecule has 1 heterocycles. The molecule has 4 aromatic rings. The van der Waals surface area contributed by atoms with Gasteiger partial charge in [0.1, 0.15) is 0 Å². The van der Waals surface area contributed by atoms with E-state index in [0.717, 1.165) is 23.1 Å². The van der Waals surface area contributed by atoms with Crippen LogP contribution in [-0.2, 0) is 6.42 Å². The molecule has 4 rings (SSSR count). The summed E-state index contributed by atoms with van der Waals surface area (Å²) in [6.07, 6.45) is 5.11. The van der Waals surface area contributed by atoms with Crippen molar-refractivity contribution >= 4 is 0 Å². The fourth-order valence-corrected chi connectivity index (χ4v) is 3.03. The van der Waals surface area contributed by atoms with E-state index in [-0.39, 0.29) is 0 Å². The molecule has 0 aliphatic heterocycles. The van der Waals surface area contributed by atoms with Crippen molar-refractivity contribution in [1.29, 1.82) is 0 Å². The average Bonchev–Trinajstić information content (AvgIpc) is 2.79. The molecule has 3 aromatic carbocycles. The second kappa shape index (κ2) is 8.40. The van der Waals surface area contributed by atoms with Crippen LogP contribution in [0, 0.1) is 0 Å². The molecule has 0 spiro atoms. The van der Waals surface area contributed by atoms with E-state index < -0.39 is 0 Å². The molecule has 3 nitrogen and oxygen atoms in total. The second-order valence-electron chi connectivity index (χ2n) is 6.51. The number of nitrogens with zero attached hydrogens (tertiary/aromatic N) is 3. The van der Waals surface area contributed by atoms with Crippen molar-refractivity contribution in [3.8, 4) is 34.2 Å². The van der Waals surface area contributed by atoms with Gasteiger partial charge in [0.15, 0.2) is 17.5 Å². The predicted octanol–water partition coefficient (Wildman–Crippen LogP) is 5.99. The minimum Gasteiger partial charge on any atom is -0.208 e. The first-order valence-corrected chi connectivity index (χ1v) is 9.41. The lowest BCUT2D eigenvalue weighted by molar-refractivity contribution is 1.07. The van der Waals surface area contributed by atoms with Gasteiger partial charge >= 0.3 is 0 Å². The van der Waals surface area contributed by atoms with Crippen molar-refractivity contribution in [2.45, 2.75) is 13.3 Å². The normalized spacial score (nSPS) is 11.0. The maximum atomic E-state index is 4.78. The fourth-order valence-electron chi connectivity index (χ4n) is 3.03. The summed E-state index contributed by atoms with van der Waals surface area (Å²) in [6.45, 7) is 2.04. The Morgan fingerprint density at radius 3 is 1.64 bits per heavy atom. The Bertz CT molecular complexity index is 1030. The van der Waals surface area contributed by atoms with Gasteiger partial charge in [-0.2, -0.15) is 0 Å². The van der Waals surface area contributed by atoms with Crippen molar-refractivity contribution in [3.63, 3.8) is 0 Å². The third-order valence-electron chi connectivity index (χ3n) is 4.47. The van der Waals surface area contributed by atoms with Crippen LogP contribution in [0.2, 0.25) is 0 Å². The van der Waals surface area contributed by atoms with E-state index in [1.165, 1.54) is 5.56 Å². The molecule has 0 saturated carbocycles. The molecule has 0 atom stereocenters. The van der Waals surface area contributed by atoms with Gasteiger partial charge in [0.25, 0.3) is 0 Å². The topological polar surface area (TPSA) is 38.7 Å². The Hall–Kier alpha value is -3.59. The van der Waals surface area contributed by atoms with E-state index >= 15 is 0 Å². The molecule has 3 heteroatoms. The van der Waals surface area contributed by atoms with Crippen LogP contribution < -0.4 is 0 Å². The molecule has 0 N–H and O–H groups in total. The Labute approximate surface area is 165 Å². The van der Waals surface area contributed by atoms with Crippen LogP contribution in [-0.4, -0.2) is 15.0 Å². The standard InChI is InChI=1S/C25H21N3/c1-2-3-11-19-12-10-17-22(18-19)25-27-23(20-13-6-4-7-14-20)26-24(28-25)21-15-8-5-9-16-21/h2-10,12-18H,11H2,1H3/b3-2-. The Balaban J connectivity index is 1.85. The van der Waals surface area contributed by atoms with Crippen molar-refractivity contribution in [2.75, 3.05) is 0 Å². The van der Waals surface area contributed by atoms with Gasteiger partial charge in [-0.05, 0) is 25.0 Å². The Morgan fingerprint density at radius 2 is 1.11 bits per heavy atom. The van der Waals surface area contributed by atoms with Gasteiger partial charge in [-0.15, -0.1) is 0 Å². The van der Waals surface area contributed by atoms with Crippen molar-refractivity contribution in [3.05, 3.63) is 103 Å². The van der Waals surface area contributed by atoms with E-state index in [9.17, 15) is 0 Å². The smallest absolute Gasteiger partial charge is 0.164 e. The molecule has 1 aromatic heterocycles. The number of benzene rings is 3. The van der Waals surface area contributed by atoms with Crippen molar-refractivity contribution < 1.29 is 0 Å². The maximum Gasteiger partial charge on any atom is 0.164 e. The lowest BCUT2D eigenvalue weighted by atomic mass is 10.1. The third kappa shape index (κ3) is 4.04. The SMILES string of the molecule is C/C=C\Cc1cccc(-c2nc(-c3ccccc3)nc(-c3ccccc3)n2)c1. The van der Waals surface area contributed by atoms with Crippen molar-refractivity contribution in [1.82, 2.24) is 15.0 Å². The molecule has 28 heavy (non-hydrogen) atoms. The summed E-state index contributed by atoms with van der Waals surface area (Å²) < 4.78 is 0. The van der Waals surface area contributed by atoms with E-state index in [2.05, 4.69) is 36.4 Å². The summed E-state index contributed by atoms with van der Waals surface area (Å²) in [4.78, 5) is 14.3. The van der Waals surface area contributed by atoms with Gasteiger partial charge < -0.3 is 0 Å². The molecular weight excluding hydrogens is 342 g/mol. The average molecular weight is 363 g/mol. The summed E-state index contributed by atoms with van der Waals surface area (Å²) in [7, 11) is 0. The second-order valence-corrected chi connectivity index (χ2v) is 6.51. The van der Waals surface area contributed by atoms with Gasteiger partial charge in [0, 0.05) is 16.7 Å². The summed E-state index contributed by atoms with van der Waals surface area (Å²) in [6, 6.07) is 28.5. The van der Waals surface area contributed by atoms with Crippen LogP contribution in [0.15, 0.2) is 97.1 Å². The monoisotopic (exact) mass is 363 g/mol. The molecule has 0 radical (unpaired) electrons. The van der Waals surface area contributed by atoms with Crippen LogP contribution in [0.25, 0.3) is 34.2 Å². The molecule has 0 aliphatic rings. The molecule has 0 unspecified atom stereocenters. The summed E-state index contributed by atoms with van der Waals surface area (Å²) >= 11 is 0. The zero-order valence-electron chi connectivity index (χ0n) is 15.8. The summed E-state index contributed by atoms with van der Waals surface area (Å²) in [5, 5.41) is 0. The van der Waals surface area contributed by atoms with Crippen LogP contribution in [0.1, 0.15) is 12.5 Å². The highest BCUT2D eigenvalue weighted by molar-refractivity contribution is 5.66. The first-order valence-electron chi connectivity index (χ1n) is 9.41. The molecule has 0 aliphatic carbocycles. The highest BCUT2D eigenvalue weighted by Gasteiger charge is 2.12. The van der Waals surface area contributed by atoms with Gasteiger partial charge in [0.05, 0.1) is 0 Å². The van der Waals surface area contributed by atoms with E-state index in [1.807, 2.05) is 67.6 Å². The quantitative estimate of drug-likeness (QED) is 0.409. The number of allylic oxidation sites excluding steroid dienone is 2. The van der Waals surface area contributed by atoms with Crippen LogP contribution in [0.3, 0.4) is 0 Å². The minimum atomic E-state index is 0.684. The lowest BCUT2D eigenvalue weighted by Crippen LogP contribution is -2.00. The third-order valence-corrected chi connectivity index (χ3v) is 4.47. The minimum absolute atomic E-state index is 0.684. The Morgan fingerprint density at radius 1 is 0.607 bits per heavy atom. The number of hydrogen-bond acceptors (Lipinski definition) is 3. The largest absolute Gasteiger partial charge is 0.208 e. The molecule has 0 bridgehead atoms. The molecule has 0 saturated heterocycles. The fraction of sp³-hybridized carbons (Fsp3) is 0.0800. The van der Waals surface area contributed by atoms with Gasteiger partial charge in [-0.25, -0.2) is 15.0 Å². The zero-order valence-corrected chi connectivity index (χ0v) is 15.8. The van der Waals surface area contributed by atoms with Gasteiger partial charge in [-0.1, -0.05) is 91.0 Å². The number of rotatable bonds is 5. The molecular formula is C25H21N3. The first-order chi connectivity index (χ1) is 13.8. The van der Waals surface area contributed by atoms with Crippen LogP contribution >= 0.6 is 0 Å². The molecule has 0 fully saturated rings. The summed E-state index contributed by atoms with van der Waals surface area (Å²) in [5.74, 6) is 2.06. The van der Waals surface area contributed by atoms with E-state index in [1.54, 1.807) is 0 Å². The molecule has 136 valence electrons. The van der Waals surface area contributed by atoms with Gasteiger partial charge in [0.2, 0.25) is 0 Å². The van der Waals surface area contributed by atoms with Crippen molar-refractivity contribution in [2.24, 2.45) is 0 Å². The van der Waals surface area contributed by atoms with E-state index in [4.69, 9.17) is 15.0 Å². The Kier molecular flexibility index (Phi) is 5.34. The molecule has 0 amide bonds. The zero-order chi connectivity index (χ0) is 19.2. The first kappa shape index (κ1) is 17.8. The van der Waals surface area contributed by atoms with Crippen LogP contribution in [0.5, 0.6) is 0 Å². The number of aromatic nitrogens is 3. The van der Waals surface area contributed by atoms with E-state index in [0.29, 0.717) is 17.5 Å². The lowest BCUT2D eigenvalue weighted by Gasteiger charge is -2.09. The maximum absolute atomic E-state index is 4.78. The predicted molar refractivity (Wildman–Crippen MR) is 115 cm³/mol.